The molecular formula is C11H19NO4S. The van der Waals surface area contributed by atoms with E-state index in [1.54, 1.807) is 11.8 Å². The highest BCUT2D eigenvalue weighted by Crippen LogP contribution is 2.20. The third-order valence-electron chi connectivity index (χ3n) is 2.94. The molecule has 5 nitrogen and oxygen atoms in total. The molecule has 0 aromatic rings. The van der Waals surface area contributed by atoms with Gasteiger partial charge in [0.2, 0.25) is 5.91 Å². The van der Waals surface area contributed by atoms with Gasteiger partial charge in [0, 0.05) is 6.61 Å². The third-order valence-corrected chi connectivity index (χ3v) is 3.58. The normalized spacial score (nSPS) is 25.5. The van der Waals surface area contributed by atoms with Crippen molar-refractivity contribution in [3.8, 4) is 0 Å². The molecule has 0 aromatic carbocycles. The molecule has 6 heteroatoms. The van der Waals surface area contributed by atoms with Crippen LogP contribution in [0, 0.1) is 5.92 Å². The number of rotatable bonds is 6. The molecule has 0 saturated carbocycles. The highest BCUT2D eigenvalue weighted by Gasteiger charge is 2.32. The van der Waals surface area contributed by atoms with Crippen LogP contribution in [0.5, 0.6) is 0 Å². The van der Waals surface area contributed by atoms with Gasteiger partial charge in [0.15, 0.2) is 0 Å². The predicted octanol–water partition coefficient (Wildman–Crippen LogP) is 0.734. The predicted molar refractivity (Wildman–Crippen MR) is 66.1 cm³/mol. The topological polar surface area (TPSA) is 75.6 Å². The average Bonchev–Trinajstić information content (AvgIpc) is 2.70. The molecule has 1 saturated heterocycles. The van der Waals surface area contributed by atoms with Crippen LogP contribution >= 0.6 is 11.8 Å². The van der Waals surface area contributed by atoms with Crippen LogP contribution < -0.4 is 5.32 Å². The zero-order chi connectivity index (χ0) is 12.8. The molecular weight excluding hydrogens is 242 g/mol. The Morgan fingerprint density at radius 1 is 1.59 bits per heavy atom. The number of carbonyl (C=O) groups excluding carboxylic acids is 1. The Hall–Kier alpha value is -0.750. The molecule has 0 aliphatic carbocycles. The lowest BCUT2D eigenvalue weighted by Crippen LogP contribution is -2.45. The van der Waals surface area contributed by atoms with Crippen molar-refractivity contribution in [3.05, 3.63) is 0 Å². The Morgan fingerprint density at radius 3 is 2.76 bits per heavy atom. The van der Waals surface area contributed by atoms with E-state index in [2.05, 4.69) is 5.32 Å². The van der Waals surface area contributed by atoms with Crippen LogP contribution in [0.2, 0.25) is 0 Å². The fourth-order valence-corrected chi connectivity index (χ4v) is 2.32. The lowest BCUT2D eigenvalue weighted by Gasteiger charge is -2.18. The summed E-state index contributed by atoms with van der Waals surface area (Å²) in [6.07, 6.45) is 2.91. The summed E-state index contributed by atoms with van der Waals surface area (Å²) in [5, 5.41) is 11.6. The maximum atomic E-state index is 11.9. The van der Waals surface area contributed by atoms with Crippen LogP contribution in [0.4, 0.5) is 0 Å². The lowest BCUT2D eigenvalue weighted by molar-refractivity contribution is -0.142. The quantitative estimate of drug-likeness (QED) is 0.737. The Balaban J connectivity index is 2.48. The van der Waals surface area contributed by atoms with Gasteiger partial charge in [0.25, 0.3) is 0 Å². The Kier molecular flexibility index (Phi) is 5.77. The zero-order valence-corrected chi connectivity index (χ0v) is 11.0. The van der Waals surface area contributed by atoms with Crippen LogP contribution in [-0.2, 0) is 14.3 Å². The van der Waals surface area contributed by atoms with Crippen molar-refractivity contribution in [1.29, 1.82) is 0 Å². The molecule has 0 aromatic heterocycles. The molecule has 1 aliphatic heterocycles. The minimum atomic E-state index is -0.973. The molecule has 0 radical (unpaired) electrons. The van der Waals surface area contributed by atoms with E-state index in [1.807, 2.05) is 13.2 Å². The summed E-state index contributed by atoms with van der Waals surface area (Å²) in [7, 11) is 0. The smallest absolute Gasteiger partial charge is 0.326 e. The van der Waals surface area contributed by atoms with E-state index in [9.17, 15) is 9.59 Å². The average molecular weight is 261 g/mol. The minimum absolute atomic E-state index is 0.120. The van der Waals surface area contributed by atoms with Gasteiger partial charge < -0.3 is 15.2 Å². The van der Waals surface area contributed by atoms with Gasteiger partial charge in [0.1, 0.15) is 6.04 Å². The molecule has 98 valence electrons. The second-order valence-electron chi connectivity index (χ2n) is 4.15. The van der Waals surface area contributed by atoms with Crippen LogP contribution in [0.25, 0.3) is 0 Å². The number of hydrogen-bond donors (Lipinski definition) is 2. The minimum Gasteiger partial charge on any atom is -0.480 e. The van der Waals surface area contributed by atoms with Crippen molar-refractivity contribution in [2.24, 2.45) is 5.92 Å². The Morgan fingerprint density at radius 2 is 2.29 bits per heavy atom. The number of nitrogens with one attached hydrogen (secondary N) is 1. The summed E-state index contributed by atoms with van der Waals surface area (Å²) in [6.45, 7) is 2.41. The number of carboxylic acids is 1. The molecule has 1 heterocycles. The van der Waals surface area contributed by atoms with Gasteiger partial charge in [-0.2, -0.15) is 11.8 Å². The standard InChI is InChI=1S/C11H19NO4S/c1-7-8(3-5-16-7)10(13)12-9(11(14)15)4-6-17-2/h7-9H,3-6H2,1-2H3,(H,12,13)(H,14,15). The van der Waals surface area contributed by atoms with Gasteiger partial charge in [0.05, 0.1) is 12.0 Å². The van der Waals surface area contributed by atoms with Crippen molar-refractivity contribution in [3.63, 3.8) is 0 Å². The molecule has 17 heavy (non-hydrogen) atoms. The molecule has 1 rings (SSSR count). The SMILES string of the molecule is CSCCC(NC(=O)C1CCOC1C)C(=O)O. The fraction of sp³-hybridized carbons (Fsp3) is 0.818. The van der Waals surface area contributed by atoms with Crippen LogP contribution in [0.3, 0.4) is 0 Å². The van der Waals surface area contributed by atoms with Gasteiger partial charge in [-0.25, -0.2) is 4.79 Å². The van der Waals surface area contributed by atoms with Crippen LogP contribution in [0.1, 0.15) is 19.8 Å². The maximum Gasteiger partial charge on any atom is 0.326 e. The first-order valence-corrected chi connectivity index (χ1v) is 7.09. The maximum absolute atomic E-state index is 11.9. The van der Waals surface area contributed by atoms with Gasteiger partial charge >= 0.3 is 5.97 Å². The first kappa shape index (κ1) is 14.3. The number of ether oxygens (including phenoxy) is 1. The second-order valence-corrected chi connectivity index (χ2v) is 5.14. The molecule has 0 spiro atoms. The van der Waals surface area contributed by atoms with E-state index in [0.29, 0.717) is 25.2 Å². The first-order chi connectivity index (χ1) is 8.06. The van der Waals surface area contributed by atoms with Crippen molar-refractivity contribution < 1.29 is 19.4 Å². The molecule has 1 amide bonds. The summed E-state index contributed by atoms with van der Waals surface area (Å²) in [4.78, 5) is 22.9. The number of aliphatic carboxylic acids is 1. The lowest BCUT2D eigenvalue weighted by atomic mass is 10.0. The van der Waals surface area contributed by atoms with Crippen molar-refractivity contribution in [2.75, 3.05) is 18.6 Å². The van der Waals surface area contributed by atoms with E-state index in [0.717, 1.165) is 0 Å². The molecule has 1 aliphatic rings. The van der Waals surface area contributed by atoms with Crippen molar-refractivity contribution in [2.45, 2.75) is 31.9 Å². The van der Waals surface area contributed by atoms with Crippen molar-refractivity contribution in [1.82, 2.24) is 5.32 Å². The monoisotopic (exact) mass is 261 g/mol. The van der Waals surface area contributed by atoms with Gasteiger partial charge in [-0.1, -0.05) is 0 Å². The third kappa shape index (κ3) is 4.20. The molecule has 3 atom stereocenters. The second kappa shape index (κ2) is 6.86. The molecule has 1 fully saturated rings. The van der Waals surface area contributed by atoms with E-state index >= 15 is 0 Å². The Bertz CT molecular complexity index is 285. The largest absolute Gasteiger partial charge is 0.480 e. The van der Waals surface area contributed by atoms with E-state index in [-0.39, 0.29) is 17.9 Å². The molecule has 0 bridgehead atoms. The summed E-state index contributed by atoms with van der Waals surface area (Å²) in [6, 6.07) is -0.789. The van der Waals surface area contributed by atoms with E-state index in [4.69, 9.17) is 9.84 Å². The highest BCUT2D eigenvalue weighted by atomic mass is 32.2. The van der Waals surface area contributed by atoms with Gasteiger partial charge in [-0.3, -0.25) is 4.79 Å². The fourth-order valence-electron chi connectivity index (χ4n) is 1.85. The molecule has 3 unspecified atom stereocenters. The Labute approximate surface area is 105 Å². The van der Waals surface area contributed by atoms with Crippen LogP contribution in [-0.4, -0.2) is 47.7 Å². The summed E-state index contributed by atoms with van der Waals surface area (Å²) < 4.78 is 5.30. The van der Waals surface area contributed by atoms with E-state index < -0.39 is 12.0 Å². The van der Waals surface area contributed by atoms with Gasteiger partial charge in [-0.05, 0) is 31.8 Å². The summed E-state index contributed by atoms with van der Waals surface area (Å²) in [5.41, 5.74) is 0. The van der Waals surface area contributed by atoms with E-state index in [1.165, 1.54) is 0 Å². The zero-order valence-electron chi connectivity index (χ0n) is 10.1. The number of carbonyl (C=O) groups is 2. The number of amides is 1. The van der Waals surface area contributed by atoms with Crippen LogP contribution in [0.15, 0.2) is 0 Å². The molecule has 2 N–H and O–H groups in total. The van der Waals surface area contributed by atoms with Crippen molar-refractivity contribution >= 4 is 23.6 Å². The highest BCUT2D eigenvalue weighted by molar-refractivity contribution is 7.98. The number of thioether (sulfide) groups is 1. The number of carboxylic acid groups (broad SMARTS) is 1. The first-order valence-electron chi connectivity index (χ1n) is 5.70. The summed E-state index contributed by atoms with van der Waals surface area (Å²) >= 11 is 1.57. The number of hydrogen-bond acceptors (Lipinski definition) is 4. The summed E-state index contributed by atoms with van der Waals surface area (Å²) in [5.74, 6) is -0.679. The van der Waals surface area contributed by atoms with Gasteiger partial charge in [-0.15, -0.1) is 0 Å².